The van der Waals surface area contributed by atoms with Gasteiger partial charge in [0.05, 0.1) is 26.8 Å². The molecule has 0 aliphatic rings. The van der Waals surface area contributed by atoms with Gasteiger partial charge in [-0.2, -0.15) is 0 Å². The van der Waals surface area contributed by atoms with Gasteiger partial charge in [0.15, 0.2) is 29.0 Å². The fourth-order valence-electron chi connectivity index (χ4n) is 2.80. The van der Waals surface area contributed by atoms with Gasteiger partial charge >= 0.3 is 0 Å². The van der Waals surface area contributed by atoms with Gasteiger partial charge in [0.25, 0.3) is 0 Å². The van der Waals surface area contributed by atoms with Crippen molar-refractivity contribution >= 4 is 5.96 Å². The fourth-order valence-corrected chi connectivity index (χ4v) is 2.80. The number of aliphatic hydroxyl groups excluding tert-OH is 1. The van der Waals surface area contributed by atoms with Gasteiger partial charge in [0, 0.05) is 6.54 Å². The second kappa shape index (κ2) is 13.3. The Morgan fingerprint density at radius 2 is 1.90 bits per heavy atom. The molecule has 0 heterocycles. The van der Waals surface area contributed by atoms with Crippen molar-refractivity contribution < 1.29 is 23.7 Å². The maximum Gasteiger partial charge on any atom is 0.191 e. The third-order valence-electron chi connectivity index (χ3n) is 4.42. The molecule has 0 saturated heterocycles. The highest BCUT2D eigenvalue weighted by Crippen LogP contribution is 2.28. The van der Waals surface area contributed by atoms with E-state index in [9.17, 15) is 4.39 Å². The van der Waals surface area contributed by atoms with Gasteiger partial charge in [0.1, 0.15) is 12.7 Å². The molecule has 2 aromatic rings. The van der Waals surface area contributed by atoms with Crippen LogP contribution in [0.1, 0.15) is 25.8 Å². The van der Waals surface area contributed by atoms with Gasteiger partial charge in [-0.15, -0.1) is 0 Å². The second-order valence-electron chi connectivity index (χ2n) is 6.71. The van der Waals surface area contributed by atoms with Crippen molar-refractivity contribution in [2.24, 2.45) is 4.99 Å². The highest BCUT2D eigenvalue weighted by atomic mass is 19.1. The zero-order chi connectivity index (χ0) is 22.5. The van der Waals surface area contributed by atoms with E-state index in [4.69, 9.17) is 19.3 Å². The number of hydrogen-bond donors (Lipinski definition) is 3. The Morgan fingerprint density at radius 3 is 2.58 bits per heavy atom. The number of nitrogens with zero attached hydrogens (tertiary/aromatic N) is 1. The average Bonchev–Trinajstić information content (AvgIpc) is 2.79. The Balaban J connectivity index is 2.00. The number of aliphatic hydroxyl groups is 1. The SMILES string of the molecule is CCNC(=NCc1ccc(OCCO)c(OC)c1)NCC(CC)Oc1ccccc1F. The minimum absolute atomic E-state index is 0.0632. The van der Waals surface area contributed by atoms with E-state index in [1.807, 2.05) is 26.0 Å². The third-order valence-corrected chi connectivity index (χ3v) is 4.42. The Labute approximate surface area is 183 Å². The van der Waals surface area contributed by atoms with Crippen molar-refractivity contribution in [1.82, 2.24) is 10.6 Å². The second-order valence-corrected chi connectivity index (χ2v) is 6.71. The van der Waals surface area contributed by atoms with Crippen LogP contribution in [-0.4, -0.2) is 50.6 Å². The predicted octanol–water partition coefficient (Wildman–Crippen LogP) is 3.12. The Kier molecular flexibility index (Phi) is 10.4. The van der Waals surface area contributed by atoms with Crippen LogP contribution in [0.25, 0.3) is 0 Å². The lowest BCUT2D eigenvalue weighted by atomic mass is 10.2. The lowest BCUT2D eigenvalue weighted by molar-refractivity contribution is 0.191. The van der Waals surface area contributed by atoms with Crippen molar-refractivity contribution in [1.29, 1.82) is 0 Å². The maximum absolute atomic E-state index is 13.9. The number of rotatable bonds is 12. The van der Waals surface area contributed by atoms with Gasteiger partial charge in [0.2, 0.25) is 0 Å². The lowest BCUT2D eigenvalue weighted by Gasteiger charge is -2.20. The van der Waals surface area contributed by atoms with Crippen LogP contribution < -0.4 is 24.8 Å². The molecule has 0 aromatic heterocycles. The van der Waals surface area contributed by atoms with E-state index >= 15 is 0 Å². The molecular formula is C23H32FN3O4. The van der Waals surface area contributed by atoms with Crippen molar-refractivity contribution in [3.8, 4) is 17.2 Å². The van der Waals surface area contributed by atoms with E-state index in [-0.39, 0.29) is 30.9 Å². The van der Waals surface area contributed by atoms with Crippen LogP contribution in [0.2, 0.25) is 0 Å². The number of hydrogen-bond acceptors (Lipinski definition) is 5. The normalized spacial score (nSPS) is 12.2. The molecule has 1 unspecified atom stereocenters. The summed E-state index contributed by atoms with van der Waals surface area (Å²) in [5.41, 5.74) is 0.944. The first-order valence-electron chi connectivity index (χ1n) is 10.4. The molecule has 1 atom stereocenters. The van der Waals surface area contributed by atoms with Crippen molar-refractivity contribution in [3.63, 3.8) is 0 Å². The zero-order valence-corrected chi connectivity index (χ0v) is 18.4. The molecule has 0 radical (unpaired) electrons. The van der Waals surface area contributed by atoms with Crippen LogP contribution in [-0.2, 0) is 6.54 Å². The number of methoxy groups -OCH3 is 1. The van der Waals surface area contributed by atoms with E-state index in [1.54, 1.807) is 31.4 Å². The molecule has 0 aliphatic carbocycles. The molecule has 0 amide bonds. The number of guanidine groups is 1. The molecule has 0 bridgehead atoms. The number of nitrogens with one attached hydrogen (secondary N) is 2. The first-order valence-corrected chi connectivity index (χ1v) is 10.4. The molecule has 7 nitrogen and oxygen atoms in total. The monoisotopic (exact) mass is 433 g/mol. The van der Waals surface area contributed by atoms with Crippen LogP contribution in [0, 0.1) is 5.82 Å². The van der Waals surface area contributed by atoms with Crippen molar-refractivity contribution in [2.45, 2.75) is 32.9 Å². The minimum Gasteiger partial charge on any atom is -0.493 e. The number of para-hydroxylation sites is 1. The maximum atomic E-state index is 13.9. The third kappa shape index (κ3) is 7.97. The Morgan fingerprint density at radius 1 is 1.10 bits per heavy atom. The van der Waals surface area contributed by atoms with E-state index in [2.05, 4.69) is 15.6 Å². The summed E-state index contributed by atoms with van der Waals surface area (Å²) in [6.07, 6.45) is 0.511. The smallest absolute Gasteiger partial charge is 0.191 e. The molecule has 0 fully saturated rings. The molecule has 170 valence electrons. The molecule has 2 aromatic carbocycles. The summed E-state index contributed by atoms with van der Waals surface area (Å²) in [5, 5.41) is 15.4. The van der Waals surface area contributed by atoms with Crippen LogP contribution in [0.4, 0.5) is 4.39 Å². The Hall–Kier alpha value is -3.00. The minimum atomic E-state index is -0.373. The van der Waals surface area contributed by atoms with E-state index in [0.29, 0.717) is 43.5 Å². The largest absolute Gasteiger partial charge is 0.493 e. The van der Waals surface area contributed by atoms with E-state index < -0.39 is 0 Å². The summed E-state index contributed by atoms with van der Waals surface area (Å²) < 4.78 is 30.5. The van der Waals surface area contributed by atoms with E-state index in [0.717, 1.165) is 5.56 Å². The van der Waals surface area contributed by atoms with Crippen LogP contribution in [0.15, 0.2) is 47.5 Å². The molecule has 8 heteroatoms. The van der Waals surface area contributed by atoms with Crippen LogP contribution >= 0.6 is 0 Å². The molecule has 0 spiro atoms. The topological polar surface area (TPSA) is 84.3 Å². The molecular weight excluding hydrogens is 401 g/mol. The van der Waals surface area contributed by atoms with Gasteiger partial charge < -0.3 is 30.0 Å². The number of ether oxygens (including phenoxy) is 3. The first-order chi connectivity index (χ1) is 15.1. The zero-order valence-electron chi connectivity index (χ0n) is 18.4. The summed E-state index contributed by atoms with van der Waals surface area (Å²) in [5.74, 6) is 1.67. The number of aliphatic imine (C=N–C) groups is 1. The number of benzene rings is 2. The molecule has 31 heavy (non-hydrogen) atoms. The highest BCUT2D eigenvalue weighted by Gasteiger charge is 2.12. The predicted molar refractivity (Wildman–Crippen MR) is 120 cm³/mol. The molecule has 0 aliphatic heterocycles. The highest BCUT2D eigenvalue weighted by molar-refractivity contribution is 5.79. The standard InChI is InChI=1S/C23H32FN3O4/c1-4-18(31-20-9-7-6-8-19(20)24)16-27-23(25-5-2)26-15-17-10-11-21(30-13-12-28)22(14-17)29-3/h6-11,14,18,28H,4-5,12-13,15-16H2,1-3H3,(H2,25,26,27). The summed E-state index contributed by atoms with van der Waals surface area (Å²) in [6, 6.07) is 12.0. The first kappa shape index (κ1) is 24.3. The lowest BCUT2D eigenvalue weighted by Crippen LogP contribution is -2.42. The summed E-state index contributed by atoms with van der Waals surface area (Å²) in [4.78, 5) is 4.61. The van der Waals surface area contributed by atoms with Crippen molar-refractivity contribution in [2.75, 3.05) is 33.4 Å². The number of halogens is 1. The Bertz CT molecular complexity index is 832. The fraction of sp³-hybridized carbons (Fsp3) is 0.435. The average molecular weight is 434 g/mol. The molecule has 3 N–H and O–H groups in total. The summed E-state index contributed by atoms with van der Waals surface area (Å²) in [6.45, 7) is 5.73. The summed E-state index contributed by atoms with van der Waals surface area (Å²) >= 11 is 0. The van der Waals surface area contributed by atoms with Gasteiger partial charge in [-0.1, -0.05) is 25.1 Å². The summed E-state index contributed by atoms with van der Waals surface area (Å²) in [7, 11) is 1.57. The van der Waals surface area contributed by atoms with Crippen LogP contribution in [0.5, 0.6) is 17.2 Å². The quantitative estimate of drug-likeness (QED) is 0.352. The van der Waals surface area contributed by atoms with E-state index in [1.165, 1.54) is 6.07 Å². The van der Waals surface area contributed by atoms with Crippen LogP contribution in [0.3, 0.4) is 0 Å². The van der Waals surface area contributed by atoms with Gasteiger partial charge in [-0.05, 0) is 43.2 Å². The van der Waals surface area contributed by atoms with Crippen molar-refractivity contribution in [3.05, 3.63) is 53.8 Å². The van der Waals surface area contributed by atoms with Gasteiger partial charge in [-0.3, -0.25) is 0 Å². The molecule has 0 saturated carbocycles. The van der Waals surface area contributed by atoms with Gasteiger partial charge in [-0.25, -0.2) is 9.38 Å². The molecule has 2 rings (SSSR count).